The topological polar surface area (TPSA) is 55.1 Å². The molecule has 0 bridgehead atoms. The summed E-state index contributed by atoms with van der Waals surface area (Å²) < 4.78 is 15.1. The van der Waals surface area contributed by atoms with Gasteiger partial charge in [-0.1, -0.05) is 31.9 Å². The highest BCUT2D eigenvalue weighted by Gasteiger charge is 2.15. The van der Waals surface area contributed by atoms with Crippen LogP contribution in [0.15, 0.2) is 39.3 Å². The van der Waals surface area contributed by atoms with Gasteiger partial charge in [-0.2, -0.15) is 0 Å². The number of nitrogen functional groups attached to an aromatic ring is 1. The second-order valence-corrected chi connectivity index (χ2v) is 6.10. The zero-order valence-corrected chi connectivity index (χ0v) is 13.7. The first-order valence-corrected chi connectivity index (χ1v) is 7.29. The van der Waals surface area contributed by atoms with Gasteiger partial charge in [0.25, 0.3) is 5.91 Å². The summed E-state index contributed by atoms with van der Waals surface area (Å²) in [6.45, 7) is 1.81. The number of halogens is 3. The summed E-state index contributed by atoms with van der Waals surface area (Å²) in [5.74, 6) is -1.13. The van der Waals surface area contributed by atoms with Crippen molar-refractivity contribution in [3.8, 4) is 0 Å². The fourth-order valence-corrected chi connectivity index (χ4v) is 2.72. The number of hydrogen-bond donors (Lipinski definition) is 2. The number of rotatable bonds is 2. The predicted molar refractivity (Wildman–Crippen MR) is 85.3 cm³/mol. The predicted octanol–water partition coefficient (Wildman–Crippen LogP) is 4.49. The van der Waals surface area contributed by atoms with E-state index in [1.165, 1.54) is 12.1 Å². The highest BCUT2D eigenvalue weighted by molar-refractivity contribution is 9.10. The third-order valence-corrected chi connectivity index (χ3v) is 3.70. The van der Waals surface area contributed by atoms with Gasteiger partial charge in [-0.15, -0.1) is 0 Å². The van der Waals surface area contributed by atoms with Gasteiger partial charge in [0, 0.05) is 8.95 Å². The molecule has 0 spiro atoms. The van der Waals surface area contributed by atoms with Gasteiger partial charge in [0.15, 0.2) is 0 Å². The fraction of sp³-hybridized carbons (Fsp3) is 0.0714. The molecule has 0 heterocycles. The van der Waals surface area contributed by atoms with Crippen molar-refractivity contribution in [2.45, 2.75) is 6.92 Å². The van der Waals surface area contributed by atoms with Crippen molar-refractivity contribution >= 4 is 49.1 Å². The minimum Gasteiger partial charge on any atom is -0.397 e. The zero-order chi connectivity index (χ0) is 14.9. The maximum absolute atomic E-state index is 13.7. The van der Waals surface area contributed by atoms with Crippen LogP contribution < -0.4 is 11.1 Å². The molecule has 0 atom stereocenters. The highest BCUT2D eigenvalue weighted by Crippen LogP contribution is 2.28. The molecule has 0 saturated carbocycles. The largest absolute Gasteiger partial charge is 0.397 e. The summed E-state index contributed by atoms with van der Waals surface area (Å²) in [7, 11) is 0. The molecule has 0 saturated heterocycles. The van der Waals surface area contributed by atoms with Crippen molar-refractivity contribution in [2.75, 3.05) is 11.1 Å². The van der Waals surface area contributed by atoms with Crippen LogP contribution >= 0.6 is 31.9 Å². The number of aryl methyl sites for hydroxylation is 1. The van der Waals surface area contributed by atoms with Gasteiger partial charge >= 0.3 is 0 Å². The average molecular weight is 402 g/mol. The zero-order valence-electron chi connectivity index (χ0n) is 10.5. The van der Waals surface area contributed by atoms with Gasteiger partial charge in [0.2, 0.25) is 0 Å². The van der Waals surface area contributed by atoms with Crippen LogP contribution in [0.5, 0.6) is 0 Å². The average Bonchev–Trinajstić information content (AvgIpc) is 2.33. The van der Waals surface area contributed by atoms with E-state index in [9.17, 15) is 9.18 Å². The molecule has 2 aromatic carbocycles. The molecule has 0 aliphatic carbocycles. The van der Waals surface area contributed by atoms with Crippen LogP contribution in [0.4, 0.5) is 15.8 Å². The highest BCUT2D eigenvalue weighted by atomic mass is 79.9. The van der Waals surface area contributed by atoms with Crippen LogP contribution in [0.3, 0.4) is 0 Å². The number of amides is 1. The molecule has 0 aromatic heterocycles. The molecule has 2 aromatic rings. The Kier molecular flexibility index (Phi) is 4.45. The Hall–Kier alpha value is -1.40. The van der Waals surface area contributed by atoms with Gasteiger partial charge < -0.3 is 11.1 Å². The summed E-state index contributed by atoms with van der Waals surface area (Å²) in [6.07, 6.45) is 0. The van der Waals surface area contributed by atoms with Gasteiger partial charge in [-0.3, -0.25) is 4.79 Å². The van der Waals surface area contributed by atoms with Gasteiger partial charge in [0.05, 0.1) is 16.9 Å². The quantitative estimate of drug-likeness (QED) is 0.728. The minimum absolute atomic E-state index is 0.0325. The molecular weight excluding hydrogens is 391 g/mol. The summed E-state index contributed by atoms with van der Waals surface area (Å²) in [4.78, 5) is 12.1. The molecule has 2 rings (SSSR count). The van der Waals surface area contributed by atoms with Crippen molar-refractivity contribution in [1.29, 1.82) is 0 Å². The van der Waals surface area contributed by atoms with E-state index in [4.69, 9.17) is 5.73 Å². The number of anilines is 2. The number of nitrogens with one attached hydrogen (secondary N) is 1. The number of carbonyl (C=O) groups is 1. The van der Waals surface area contributed by atoms with E-state index in [0.717, 1.165) is 10.0 Å². The van der Waals surface area contributed by atoms with Crippen molar-refractivity contribution in [3.05, 3.63) is 56.2 Å². The van der Waals surface area contributed by atoms with E-state index in [1.807, 2.05) is 13.0 Å². The molecule has 3 N–H and O–H groups in total. The normalized spacial score (nSPS) is 10.4. The molecule has 0 radical (unpaired) electrons. The minimum atomic E-state index is -0.592. The molecular formula is C14H11Br2FN2O. The number of hydrogen-bond acceptors (Lipinski definition) is 2. The first kappa shape index (κ1) is 15.0. The van der Waals surface area contributed by atoms with Crippen LogP contribution in [0.1, 0.15) is 15.9 Å². The smallest absolute Gasteiger partial charge is 0.258 e. The van der Waals surface area contributed by atoms with Crippen LogP contribution in [-0.2, 0) is 0 Å². The Bertz CT molecular complexity index is 666. The lowest BCUT2D eigenvalue weighted by atomic mass is 10.1. The SMILES string of the molecule is Cc1cc(Br)cc(N)c1NC(=O)c1ccc(Br)cc1F. The summed E-state index contributed by atoms with van der Waals surface area (Å²) in [5.41, 5.74) is 7.53. The molecule has 0 aliphatic heterocycles. The van der Waals surface area contributed by atoms with E-state index in [-0.39, 0.29) is 5.56 Å². The Morgan fingerprint density at radius 1 is 1.20 bits per heavy atom. The number of benzene rings is 2. The lowest BCUT2D eigenvalue weighted by Gasteiger charge is -2.12. The standard InChI is InChI=1S/C14H11Br2FN2O/c1-7-4-9(16)6-12(18)13(7)19-14(20)10-3-2-8(15)5-11(10)17/h2-6H,18H2,1H3,(H,19,20). The molecule has 1 amide bonds. The second-order valence-electron chi connectivity index (χ2n) is 4.27. The van der Waals surface area contributed by atoms with Gasteiger partial charge in [-0.05, 0) is 42.8 Å². The first-order valence-electron chi connectivity index (χ1n) is 5.70. The number of carbonyl (C=O) groups excluding carboxylic acids is 1. The van der Waals surface area contributed by atoms with Crippen LogP contribution in [0.2, 0.25) is 0 Å². The van der Waals surface area contributed by atoms with E-state index in [2.05, 4.69) is 37.2 Å². The molecule has 0 unspecified atom stereocenters. The molecule has 20 heavy (non-hydrogen) atoms. The Balaban J connectivity index is 2.33. The summed E-state index contributed by atoms with van der Waals surface area (Å²) in [6, 6.07) is 7.77. The third kappa shape index (κ3) is 3.19. The van der Waals surface area contributed by atoms with Crippen molar-refractivity contribution < 1.29 is 9.18 Å². The Morgan fingerprint density at radius 2 is 1.90 bits per heavy atom. The maximum atomic E-state index is 13.7. The van der Waals surface area contributed by atoms with Crippen LogP contribution in [-0.4, -0.2) is 5.91 Å². The third-order valence-electron chi connectivity index (χ3n) is 2.75. The lowest BCUT2D eigenvalue weighted by molar-refractivity contribution is 0.102. The Morgan fingerprint density at radius 3 is 2.50 bits per heavy atom. The van der Waals surface area contributed by atoms with E-state index in [1.54, 1.807) is 12.1 Å². The monoisotopic (exact) mass is 400 g/mol. The van der Waals surface area contributed by atoms with Gasteiger partial charge in [-0.25, -0.2) is 4.39 Å². The van der Waals surface area contributed by atoms with Crippen molar-refractivity contribution in [2.24, 2.45) is 0 Å². The molecule has 104 valence electrons. The molecule has 6 heteroatoms. The summed E-state index contributed by atoms with van der Waals surface area (Å²) >= 11 is 6.47. The first-order chi connectivity index (χ1) is 9.38. The molecule has 0 fully saturated rings. The fourth-order valence-electron chi connectivity index (χ4n) is 1.79. The van der Waals surface area contributed by atoms with E-state index < -0.39 is 11.7 Å². The molecule has 3 nitrogen and oxygen atoms in total. The van der Waals surface area contributed by atoms with Crippen LogP contribution in [0, 0.1) is 12.7 Å². The van der Waals surface area contributed by atoms with E-state index >= 15 is 0 Å². The number of nitrogens with two attached hydrogens (primary N) is 1. The second kappa shape index (κ2) is 5.93. The maximum Gasteiger partial charge on any atom is 0.258 e. The summed E-state index contributed by atoms with van der Waals surface area (Å²) in [5, 5.41) is 2.64. The Labute approximate surface area is 132 Å². The van der Waals surface area contributed by atoms with Crippen molar-refractivity contribution in [3.63, 3.8) is 0 Å². The lowest BCUT2D eigenvalue weighted by Crippen LogP contribution is -2.15. The van der Waals surface area contributed by atoms with Crippen LogP contribution in [0.25, 0.3) is 0 Å². The van der Waals surface area contributed by atoms with Crippen molar-refractivity contribution in [1.82, 2.24) is 0 Å². The van der Waals surface area contributed by atoms with E-state index in [0.29, 0.717) is 15.8 Å². The molecule has 0 aliphatic rings. The van der Waals surface area contributed by atoms with Gasteiger partial charge in [0.1, 0.15) is 5.82 Å².